The third-order valence-corrected chi connectivity index (χ3v) is 7.85. The van der Waals surface area contributed by atoms with E-state index in [-0.39, 0.29) is 37.2 Å². The van der Waals surface area contributed by atoms with Crippen LogP contribution in [0.15, 0.2) is 60.8 Å². The summed E-state index contributed by atoms with van der Waals surface area (Å²) in [5.41, 5.74) is 4.84. The smallest absolute Gasteiger partial charge is 0.171 e. The SMILES string of the molecule is COc1ccccc1N1CCN(CCN(C)c2ccnc(-c3nc4ccccc4n3SC)c2Cl)CC1.Cl.Cl.Cl. The molecular weight excluding hydrogens is 598 g/mol. The van der Waals surface area contributed by atoms with Crippen molar-refractivity contribution in [2.45, 2.75) is 0 Å². The van der Waals surface area contributed by atoms with E-state index in [1.807, 2.05) is 48.9 Å². The largest absolute Gasteiger partial charge is 0.495 e. The maximum absolute atomic E-state index is 6.93. The molecule has 39 heavy (non-hydrogen) atoms. The maximum atomic E-state index is 6.93. The van der Waals surface area contributed by atoms with Gasteiger partial charge in [-0.2, -0.15) is 0 Å². The number of ether oxygens (including phenoxy) is 1. The molecule has 0 radical (unpaired) electrons. The lowest BCUT2D eigenvalue weighted by molar-refractivity contribution is 0.263. The van der Waals surface area contributed by atoms with E-state index >= 15 is 0 Å². The highest BCUT2D eigenvalue weighted by Crippen LogP contribution is 2.36. The molecule has 0 amide bonds. The Hall–Kier alpha value is -2.07. The summed E-state index contributed by atoms with van der Waals surface area (Å²) in [6.07, 6.45) is 3.86. The number of aromatic nitrogens is 3. The third kappa shape index (κ3) is 6.99. The molecule has 0 bridgehead atoms. The summed E-state index contributed by atoms with van der Waals surface area (Å²) < 4.78 is 7.64. The normalized spacial score (nSPS) is 13.3. The second-order valence-electron chi connectivity index (χ2n) is 8.82. The van der Waals surface area contributed by atoms with Crippen LogP contribution >= 0.6 is 60.8 Å². The van der Waals surface area contributed by atoms with E-state index in [0.717, 1.165) is 67.6 Å². The van der Waals surface area contributed by atoms with E-state index in [1.165, 1.54) is 5.69 Å². The molecule has 5 rings (SSSR count). The Kier molecular flexibility index (Phi) is 12.8. The highest BCUT2D eigenvalue weighted by atomic mass is 35.5. The number of pyridine rings is 1. The van der Waals surface area contributed by atoms with Crippen LogP contribution in [0.25, 0.3) is 22.6 Å². The van der Waals surface area contributed by atoms with Crippen LogP contribution in [0.2, 0.25) is 5.02 Å². The fourth-order valence-corrected chi connectivity index (χ4v) is 5.73. The van der Waals surface area contributed by atoms with Crippen molar-refractivity contribution >= 4 is 83.2 Å². The molecule has 3 heterocycles. The number of nitrogens with zero attached hydrogens (tertiary/aromatic N) is 6. The van der Waals surface area contributed by atoms with Crippen LogP contribution in [-0.2, 0) is 0 Å². The van der Waals surface area contributed by atoms with E-state index in [1.54, 1.807) is 19.1 Å². The van der Waals surface area contributed by atoms with E-state index in [2.05, 4.69) is 48.9 Å². The second kappa shape index (κ2) is 15.1. The molecule has 2 aromatic heterocycles. The number of piperazine rings is 1. The number of fused-ring (bicyclic) bond motifs is 1. The minimum absolute atomic E-state index is 0. The topological polar surface area (TPSA) is 49.7 Å². The van der Waals surface area contributed by atoms with Gasteiger partial charge in [0.05, 0.1) is 34.5 Å². The van der Waals surface area contributed by atoms with Gasteiger partial charge in [0.2, 0.25) is 0 Å². The number of methoxy groups -OCH3 is 1. The molecule has 1 aliphatic heterocycles. The predicted molar refractivity (Wildman–Crippen MR) is 174 cm³/mol. The first kappa shape index (κ1) is 33.1. The predicted octanol–water partition coefficient (Wildman–Crippen LogP) is 6.41. The standard InChI is InChI=1S/C27H31ClN6OS.3ClH/c1-31(14-15-32-16-18-33(19-17-32)22-10-6-7-11-24(22)35-2)23-12-13-29-26(25(23)28)27-30-20-8-4-5-9-21(20)34(27)36-3;;;/h4-13H,14-19H2,1-3H3;3*1H. The van der Waals surface area contributed by atoms with Crippen LogP contribution in [-0.4, -0.2) is 78.5 Å². The van der Waals surface area contributed by atoms with Crippen molar-refractivity contribution in [2.24, 2.45) is 0 Å². The number of benzene rings is 2. The van der Waals surface area contributed by atoms with Crippen molar-refractivity contribution in [2.75, 3.05) is 69.5 Å². The van der Waals surface area contributed by atoms with Crippen LogP contribution in [0.4, 0.5) is 11.4 Å². The van der Waals surface area contributed by atoms with Crippen LogP contribution in [0, 0.1) is 0 Å². The van der Waals surface area contributed by atoms with Crippen LogP contribution in [0.3, 0.4) is 0 Å². The monoisotopic (exact) mass is 630 g/mol. The number of imidazole rings is 1. The molecule has 1 fully saturated rings. The quantitative estimate of drug-likeness (QED) is 0.223. The Morgan fingerprint density at radius 1 is 0.974 bits per heavy atom. The van der Waals surface area contributed by atoms with Crippen LogP contribution < -0.4 is 14.5 Å². The van der Waals surface area contributed by atoms with Crippen molar-refractivity contribution in [3.63, 3.8) is 0 Å². The second-order valence-corrected chi connectivity index (χ2v) is 9.92. The van der Waals surface area contributed by atoms with Gasteiger partial charge in [-0.3, -0.25) is 13.9 Å². The summed E-state index contributed by atoms with van der Waals surface area (Å²) >= 11 is 8.54. The number of likely N-dealkylation sites (N-methyl/N-ethyl adjacent to an activating group) is 1. The molecule has 4 aromatic rings. The number of anilines is 2. The molecule has 1 aliphatic rings. The fraction of sp³-hybridized carbons (Fsp3) is 0.333. The zero-order valence-electron chi connectivity index (χ0n) is 22.1. The zero-order valence-corrected chi connectivity index (χ0v) is 26.1. The highest BCUT2D eigenvalue weighted by molar-refractivity contribution is 7.97. The van der Waals surface area contributed by atoms with E-state index in [0.29, 0.717) is 10.7 Å². The summed E-state index contributed by atoms with van der Waals surface area (Å²) in [4.78, 5) is 16.6. The zero-order chi connectivity index (χ0) is 25.1. The van der Waals surface area contributed by atoms with Crippen molar-refractivity contribution in [1.82, 2.24) is 18.8 Å². The number of hydrogen-bond acceptors (Lipinski definition) is 7. The summed E-state index contributed by atoms with van der Waals surface area (Å²) in [5, 5.41) is 0.631. The van der Waals surface area contributed by atoms with Gasteiger partial charge in [-0.1, -0.05) is 35.9 Å². The first-order valence-electron chi connectivity index (χ1n) is 12.1. The van der Waals surface area contributed by atoms with Crippen molar-refractivity contribution in [1.29, 1.82) is 0 Å². The van der Waals surface area contributed by atoms with E-state index in [4.69, 9.17) is 21.3 Å². The lowest BCUT2D eigenvalue weighted by atomic mass is 10.2. The molecule has 0 aliphatic carbocycles. The van der Waals surface area contributed by atoms with Gasteiger partial charge in [0.15, 0.2) is 5.82 Å². The first-order chi connectivity index (χ1) is 17.6. The molecule has 2 aromatic carbocycles. The molecule has 0 atom stereocenters. The maximum Gasteiger partial charge on any atom is 0.171 e. The minimum Gasteiger partial charge on any atom is -0.495 e. The van der Waals surface area contributed by atoms with Gasteiger partial charge in [0.25, 0.3) is 0 Å². The Morgan fingerprint density at radius 3 is 2.38 bits per heavy atom. The summed E-state index contributed by atoms with van der Waals surface area (Å²) in [5.74, 6) is 1.71. The number of hydrogen-bond donors (Lipinski definition) is 0. The van der Waals surface area contributed by atoms with Gasteiger partial charge >= 0.3 is 0 Å². The van der Waals surface area contributed by atoms with Gasteiger partial charge in [-0.15, -0.1) is 37.2 Å². The minimum atomic E-state index is 0. The van der Waals surface area contributed by atoms with Gasteiger partial charge in [-0.25, -0.2) is 4.98 Å². The summed E-state index contributed by atoms with van der Waals surface area (Å²) in [6.45, 7) is 5.83. The van der Waals surface area contributed by atoms with Gasteiger partial charge in [0, 0.05) is 58.8 Å². The van der Waals surface area contributed by atoms with Crippen LogP contribution in [0.1, 0.15) is 0 Å². The summed E-state index contributed by atoms with van der Waals surface area (Å²) in [6, 6.07) is 18.3. The molecule has 12 heteroatoms. The van der Waals surface area contributed by atoms with Crippen molar-refractivity contribution < 1.29 is 4.74 Å². The van der Waals surface area contributed by atoms with Crippen molar-refractivity contribution in [3.05, 3.63) is 65.8 Å². The highest BCUT2D eigenvalue weighted by Gasteiger charge is 2.22. The molecule has 7 nitrogen and oxygen atoms in total. The molecule has 1 saturated heterocycles. The molecular formula is C27H34Cl4N6OS. The fourth-order valence-electron chi connectivity index (χ4n) is 4.74. The third-order valence-electron chi connectivity index (χ3n) is 6.74. The van der Waals surface area contributed by atoms with Gasteiger partial charge < -0.3 is 14.5 Å². The number of rotatable bonds is 8. The van der Waals surface area contributed by atoms with Crippen LogP contribution in [0.5, 0.6) is 5.75 Å². The molecule has 0 saturated carbocycles. The Balaban J connectivity index is 0.00000178. The molecule has 0 N–H and O–H groups in total. The lowest BCUT2D eigenvalue weighted by Crippen LogP contribution is -2.48. The van der Waals surface area contributed by atoms with E-state index < -0.39 is 0 Å². The molecule has 212 valence electrons. The first-order valence-corrected chi connectivity index (χ1v) is 13.6. The number of para-hydroxylation sites is 4. The Labute approximate surface area is 258 Å². The Bertz CT molecular complexity index is 1350. The average Bonchev–Trinajstić information content (AvgIpc) is 3.30. The van der Waals surface area contributed by atoms with Gasteiger partial charge in [0.1, 0.15) is 11.4 Å². The summed E-state index contributed by atoms with van der Waals surface area (Å²) in [7, 11) is 3.82. The van der Waals surface area contributed by atoms with Crippen molar-refractivity contribution in [3.8, 4) is 17.3 Å². The lowest BCUT2D eigenvalue weighted by Gasteiger charge is -2.37. The van der Waals surface area contributed by atoms with E-state index in [9.17, 15) is 0 Å². The Morgan fingerprint density at radius 2 is 1.67 bits per heavy atom. The molecule has 0 unspecified atom stereocenters. The van der Waals surface area contributed by atoms with Gasteiger partial charge in [-0.05, 0) is 42.3 Å². The molecule has 0 spiro atoms. The average molecular weight is 632 g/mol. The number of halogens is 4.